The first-order chi connectivity index (χ1) is 18.0. The van der Waals surface area contributed by atoms with Crippen LogP contribution in [0.5, 0.6) is 0 Å². The van der Waals surface area contributed by atoms with Crippen LogP contribution in [0.15, 0.2) is 24.5 Å². The van der Waals surface area contributed by atoms with E-state index >= 15 is 0 Å². The van der Waals surface area contributed by atoms with Crippen molar-refractivity contribution >= 4 is 28.4 Å². The van der Waals surface area contributed by atoms with Crippen LogP contribution < -0.4 is 10.2 Å². The molecule has 2 saturated heterocycles. The number of carbonyl (C=O) groups is 1. The summed E-state index contributed by atoms with van der Waals surface area (Å²) in [6, 6.07) is 3.97. The van der Waals surface area contributed by atoms with Gasteiger partial charge in [-0.3, -0.25) is 9.48 Å². The molecule has 1 aliphatic carbocycles. The van der Waals surface area contributed by atoms with Gasteiger partial charge in [-0.25, -0.2) is 13.8 Å². The van der Waals surface area contributed by atoms with E-state index in [-0.39, 0.29) is 29.4 Å². The summed E-state index contributed by atoms with van der Waals surface area (Å²) in [7, 11) is 0. The third-order valence-corrected chi connectivity index (χ3v) is 8.01. The Kier molecular flexibility index (Phi) is 6.48. The summed E-state index contributed by atoms with van der Waals surface area (Å²) in [6.07, 6.45) is 7.52. The normalized spacial score (nSPS) is 25.4. The van der Waals surface area contributed by atoms with Crippen molar-refractivity contribution in [1.82, 2.24) is 25.0 Å². The predicted molar refractivity (Wildman–Crippen MR) is 134 cm³/mol. The highest BCUT2D eigenvalue weighted by atomic mass is 19.3. The quantitative estimate of drug-likeness (QED) is 0.481. The maximum Gasteiger partial charge on any atom is 0.284 e. The van der Waals surface area contributed by atoms with Gasteiger partial charge in [0.15, 0.2) is 5.69 Å². The van der Waals surface area contributed by atoms with Gasteiger partial charge in [-0.15, -0.1) is 5.10 Å². The van der Waals surface area contributed by atoms with E-state index in [1.54, 1.807) is 16.9 Å². The molecule has 1 amide bonds. The Bertz CT molecular complexity index is 1290. The number of pyridine rings is 1. The first-order valence-corrected chi connectivity index (χ1v) is 13.2. The van der Waals surface area contributed by atoms with Gasteiger partial charge in [0.2, 0.25) is 0 Å². The van der Waals surface area contributed by atoms with Gasteiger partial charge < -0.3 is 15.0 Å². The van der Waals surface area contributed by atoms with Gasteiger partial charge >= 0.3 is 0 Å². The van der Waals surface area contributed by atoms with Crippen LogP contribution in [0.25, 0.3) is 11.0 Å². The van der Waals surface area contributed by atoms with Crippen molar-refractivity contribution in [3.05, 3.63) is 35.8 Å². The molecule has 2 bridgehead atoms. The van der Waals surface area contributed by atoms with Crippen LogP contribution in [0.1, 0.15) is 80.4 Å². The van der Waals surface area contributed by atoms with Crippen LogP contribution in [0, 0.1) is 5.92 Å². The molecule has 1 N–H and O–H groups in total. The minimum atomic E-state index is -2.81. The highest BCUT2D eigenvalue weighted by Crippen LogP contribution is 2.37. The summed E-state index contributed by atoms with van der Waals surface area (Å²) in [5.74, 6) is 0.868. The molecule has 2 atom stereocenters. The Balaban J connectivity index is 1.25. The van der Waals surface area contributed by atoms with Gasteiger partial charge in [0.1, 0.15) is 16.9 Å². The van der Waals surface area contributed by atoms with Crippen molar-refractivity contribution in [2.45, 2.75) is 76.5 Å². The van der Waals surface area contributed by atoms with E-state index in [0.717, 1.165) is 50.9 Å². The Morgan fingerprint density at radius 1 is 1.22 bits per heavy atom. The molecule has 3 aromatic rings. The molecule has 1 saturated carbocycles. The second kappa shape index (κ2) is 9.92. The molecule has 0 radical (unpaired) electrons. The zero-order chi connectivity index (χ0) is 25.5. The maximum absolute atomic E-state index is 13.9. The molecule has 37 heavy (non-hydrogen) atoms. The smallest absolute Gasteiger partial charge is 0.284 e. The Morgan fingerprint density at radius 3 is 2.76 bits per heavy atom. The van der Waals surface area contributed by atoms with Crippen LogP contribution >= 0.6 is 0 Å². The number of nitrogens with one attached hydrogen (secondary N) is 1. The minimum absolute atomic E-state index is 0.0193. The van der Waals surface area contributed by atoms with Crippen molar-refractivity contribution in [2.75, 3.05) is 23.4 Å². The van der Waals surface area contributed by atoms with Crippen LogP contribution in [-0.4, -0.2) is 56.2 Å². The van der Waals surface area contributed by atoms with Crippen LogP contribution in [0.4, 0.5) is 20.3 Å². The lowest BCUT2D eigenvalue weighted by molar-refractivity contribution is 0.0988. The zero-order valence-electron chi connectivity index (χ0n) is 20.8. The van der Waals surface area contributed by atoms with E-state index in [1.807, 2.05) is 6.07 Å². The molecule has 3 aromatic heterocycles. The lowest BCUT2D eigenvalue weighted by Crippen LogP contribution is -2.37. The third-order valence-electron chi connectivity index (χ3n) is 8.01. The largest absolute Gasteiger partial charge is 0.374 e. The lowest BCUT2D eigenvalue weighted by atomic mass is 9.83. The Hall–Kier alpha value is -3.21. The number of carbonyl (C=O) groups excluding carboxylic acids is 1. The molecule has 11 heteroatoms. The van der Waals surface area contributed by atoms with E-state index in [2.05, 4.69) is 32.4 Å². The molecular weight excluding hydrogens is 480 g/mol. The average Bonchev–Trinajstić information content (AvgIpc) is 3.65. The second-order valence-electron chi connectivity index (χ2n) is 10.4. The number of fused-ring (bicyclic) bond motifs is 3. The van der Waals surface area contributed by atoms with Gasteiger partial charge in [0.25, 0.3) is 12.3 Å². The highest BCUT2D eigenvalue weighted by molar-refractivity contribution is 6.11. The van der Waals surface area contributed by atoms with Gasteiger partial charge in [0.05, 0.1) is 42.2 Å². The van der Waals surface area contributed by atoms with Crippen molar-refractivity contribution in [3.63, 3.8) is 0 Å². The van der Waals surface area contributed by atoms with Crippen LogP contribution in [0.2, 0.25) is 0 Å². The number of hydrogen-bond donors (Lipinski definition) is 1. The number of amides is 1. The molecule has 0 unspecified atom stereocenters. The van der Waals surface area contributed by atoms with Crippen LogP contribution in [0.3, 0.4) is 0 Å². The summed E-state index contributed by atoms with van der Waals surface area (Å²) in [4.78, 5) is 20.2. The molecule has 2 aliphatic heterocycles. The third kappa shape index (κ3) is 4.65. The molecule has 0 aromatic carbocycles. The number of morpholine rings is 1. The molecule has 196 valence electrons. The SMILES string of the molecule is CCCC1CCC(n2cc(NC(=O)c3cnnc4ccc(N5C[C@@H]6C[C@H]5CO6)nc34)c(C(F)F)n2)CC1. The van der Waals surface area contributed by atoms with Crippen molar-refractivity contribution < 1.29 is 18.3 Å². The number of aromatic nitrogens is 5. The monoisotopic (exact) mass is 511 g/mol. The van der Waals surface area contributed by atoms with Gasteiger partial charge in [0, 0.05) is 12.7 Å². The van der Waals surface area contributed by atoms with E-state index in [0.29, 0.717) is 23.6 Å². The number of rotatable bonds is 7. The summed E-state index contributed by atoms with van der Waals surface area (Å²) in [5, 5.41) is 14.9. The first-order valence-electron chi connectivity index (χ1n) is 13.2. The van der Waals surface area contributed by atoms with Gasteiger partial charge in [-0.1, -0.05) is 19.8 Å². The second-order valence-corrected chi connectivity index (χ2v) is 10.4. The number of ether oxygens (including phenoxy) is 1. The highest BCUT2D eigenvalue weighted by Gasteiger charge is 2.39. The lowest BCUT2D eigenvalue weighted by Gasteiger charge is -2.28. The minimum Gasteiger partial charge on any atom is -0.374 e. The molecule has 3 fully saturated rings. The summed E-state index contributed by atoms with van der Waals surface area (Å²) in [5.41, 5.74) is 0.628. The van der Waals surface area contributed by atoms with E-state index in [4.69, 9.17) is 9.72 Å². The first kappa shape index (κ1) is 24.1. The fourth-order valence-corrected chi connectivity index (χ4v) is 6.08. The molecule has 3 aliphatic rings. The molecule has 9 nitrogen and oxygen atoms in total. The van der Waals surface area contributed by atoms with E-state index in [9.17, 15) is 13.6 Å². The summed E-state index contributed by atoms with van der Waals surface area (Å²) >= 11 is 0. The number of nitrogens with zero attached hydrogens (tertiary/aromatic N) is 6. The van der Waals surface area contributed by atoms with E-state index in [1.165, 1.54) is 12.6 Å². The van der Waals surface area contributed by atoms with Gasteiger partial charge in [-0.05, 0) is 50.2 Å². The number of hydrogen-bond acceptors (Lipinski definition) is 7. The zero-order valence-corrected chi connectivity index (χ0v) is 20.8. The predicted octanol–water partition coefficient (Wildman–Crippen LogP) is 4.92. The molecule has 6 rings (SSSR count). The van der Waals surface area contributed by atoms with Crippen molar-refractivity contribution in [2.24, 2.45) is 5.92 Å². The molecule has 5 heterocycles. The Morgan fingerprint density at radius 2 is 2.05 bits per heavy atom. The topological polar surface area (TPSA) is 98.1 Å². The molecule has 0 spiro atoms. The standard InChI is InChI=1S/C26H31F2N7O2/c1-2-3-15-4-6-16(7-5-15)35-13-21(24(33-35)25(27)28)30-26(36)19-11-29-32-20-8-9-22(31-23(19)20)34-12-18-10-17(34)14-37-18/h8-9,11,13,15-18,25H,2-7,10,12,14H2,1H3,(H,30,36)/t15?,16?,17-,18-/m0/s1. The Labute approximate surface area is 213 Å². The van der Waals surface area contributed by atoms with Crippen molar-refractivity contribution in [3.8, 4) is 0 Å². The number of anilines is 2. The molecular formula is C26H31F2N7O2. The summed E-state index contributed by atoms with van der Waals surface area (Å²) < 4.78 is 35.1. The number of halogens is 2. The van der Waals surface area contributed by atoms with E-state index < -0.39 is 18.0 Å². The van der Waals surface area contributed by atoms with Crippen LogP contribution in [-0.2, 0) is 4.74 Å². The fourth-order valence-electron chi connectivity index (χ4n) is 6.08. The maximum atomic E-state index is 13.9. The summed E-state index contributed by atoms with van der Waals surface area (Å²) in [6.45, 7) is 3.60. The van der Waals surface area contributed by atoms with Crippen molar-refractivity contribution in [1.29, 1.82) is 0 Å². The fraction of sp³-hybridized carbons (Fsp3) is 0.577. The average molecular weight is 512 g/mol. The number of alkyl halides is 2. The van der Waals surface area contributed by atoms with Gasteiger partial charge in [-0.2, -0.15) is 10.2 Å².